The molecule has 0 atom stereocenters. The Balaban J connectivity index is 1.90. The van der Waals surface area contributed by atoms with Crippen molar-refractivity contribution >= 4 is 0 Å². The van der Waals surface area contributed by atoms with Crippen molar-refractivity contribution in [3.63, 3.8) is 0 Å². The zero-order chi connectivity index (χ0) is 12.1. The molecule has 0 saturated carbocycles. The van der Waals surface area contributed by atoms with Crippen LogP contribution in [0.5, 0.6) is 0 Å². The Morgan fingerprint density at radius 2 is 2.06 bits per heavy atom. The van der Waals surface area contributed by atoms with Gasteiger partial charge in [-0.3, -0.25) is 9.97 Å². The predicted molar refractivity (Wildman–Crippen MR) is 63.7 cm³/mol. The topological polar surface area (TPSA) is 37.8 Å². The third-order valence-electron chi connectivity index (χ3n) is 2.54. The Hall–Kier alpha value is -1.81. The van der Waals surface area contributed by atoms with Gasteiger partial charge in [-0.05, 0) is 35.7 Å². The van der Waals surface area contributed by atoms with Crippen LogP contribution in [-0.4, -0.2) is 9.97 Å². The van der Waals surface area contributed by atoms with Crippen LogP contribution in [0.4, 0.5) is 4.39 Å². The molecule has 2 aromatic rings. The van der Waals surface area contributed by atoms with Crippen LogP contribution in [0.1, 0.15) is 16.7 Å². The van der Waals surface area contributed by atoms with Crippen molar-refractivity contribution in [1.82, 2.24) is 15.3 Å². The van der Waals surface area contributed by atoms with Crippen LogP contribution < -0.4 is 5.32 Å². The minimum Gasteiger partial charge on any atom is -0.309 e. The first-order valence-electron chi connectivity index (χ1n) is 5.45. The molecule has 0 unspecified atom stereocenters. The Kier molecular flexibility index (Phi) is 3.77. The van der Waals surface area contributed by atoms with Crippen molar-refractivity contribution in [3.05, 3.63) is 59.4 Å². The molecule has 1 N–H and O–H groups in total. The molecule has 0 bridgehead atoms. The van der Waals surface area contributed by atoms with Gasteiger partial charge in [-0.1, -0.05) is 0 Å². The van der Waals surface area contributed by atoms with E-state index >= 15 is 0 Å². The maximum atomic E-state index is 12.9. The zero-order valence-corrected chi connectivity index (χ0v) is 9.65. The standard InChI is InChI=1S/C13H14FN3/c1-10-5-15-3-2-12(10)8-16-6-11-4-13(14)9-17-7-11/h2-5,7,9,16H,6,8H2,1H3. The van der Waals surface area contributed by atoms with Crippen molar-refractivity contribution in [3.8, 4) is 0 Å². The molecule has 4 heteroatoms. The van der Waals surface area contributed by atoms with Crippen LogP contribution in [0.3, 0.4) is 0 Å². The number of aromatic nitrogens is 2. The van der Waals surface area contributed by atoms with E-state index in [-0.39, 0.29) is 5.82 Å². The quantitative estimate of drug-likeness (QED) is 0.876. The highest BCUT2D eigenvalue weighted by atomic mass is 19.1. The number of rotatable bonds is 4. The lowest BCUT2D eigenvalue weighted by Crippen LogP contribution is -2.13. The van der Waals surface area contributed by atoms with E-state index < -0.39 is 0 Å². The molecule has 0 amide bonds. The minimum absolute atomic E-state index is 0.301. The van der Waals surface area contributed by atoms with E-state index in [1.807, 2.05) is 19.2 Å². The van der Waals surface area contributed by atoms with E-state index in [0.717, 1.165) is 17.7 Å². The van der Waals surface area contributed by atoms with Crippen LogP contribution in [0.2, 0.25) is 0 Å². The number of hydrogen-bond acceptors (Lipinski definition) is 3. The molecule has 0 aliphatic heterocycles. The molecule has 0 saturated heterocycles. The number of aryl methyl sites for hydroxylation is 1. The van der Waals surface area contributed by atoms with E-state index in [0.29, 0.717) is 6.54 Å². The van der Waals surface area contributed by atoms with E-state index in [2.05, 4.69) is 15.3 Å². The van der Waals surface area contributed by atoms with Gasteiger partial charge in [-0.25, -0.2) is 4.39 Å². The third-order valence-corrected chi connectivity index (χ3v) is 2.54. The summed E-state index contributed by atoms with van der Waals surface area (Å²) in [5.41, 5.74) is 3.19. The monoisotopic (exact) mass is 231 g/mol. The Morgan fingerprint density at radius 3 is 2.82 bits per heavy atom. The SMILES string of the molecule is Cc1cnccc1CNCc1cncc(F)c1. The van der Waals surface area contributed by atoms with Crippen LogP contribution in [-0.2, 0) is 13.1 Å². The molecule has 2 aromatic heterocycles. The highest BCUT2D eigenvalue weighted by Gasteiger charge is 1.99. The molecule has 3 nitrogen and oxygen atoms in total. The fraction of sp³-hybridized carbons (Fsp3) is 0.231. The van der Waals surface area contributed by atoms with Gasteiger partial charge in [0.15, 0.2) is 0 Å². The fourth-order valence-corrected chi connectivity index (χ4v) is 1.59. The van der Waals surface area contributed by atoms with E-state index in [1.54, 1.807) is 12.4 Å². The average molecular weight is 231 g/mol. The van der Waals surface area contributed by atoms with E-state index in [9.17, 15) is 4.39 Å². The molecule has 0 aromatic carbocycles. The van der Waals surface area contributed by atoms with Gasteiger partial charge in [0.2, 0.25) is 0 Å². The second-order valence-corrected chi connectivity index (χ2v) is 3.92. The van der Waals surface area contributed by atoms with Crippen LogP contribution in [0, 0.1) is 12.7 Å². The summed E-state index contributed by atoms with van der Waals surface area (Å²) in [5, 5.41) is 3.25. The maximum Gasteiger partial charge on any atom is 0.141 e. The molecular weight excluding hydrogens is 217 g/mol. The number of nitrogens with zero attached hydrogens (tertiary/aromatic N) is 2. The summed E-state index contributed by atoms with van der Waals surface area (Å²) < 4.78 is 12.9. The number of nitrogens with one attached hydrogen (secondary N) is 1. The fourth-order valence-electron chi connectivity index (χ4n) is 1.59. The second-order valence-electron chi connectivity index (χ2n) is 3.92. The summed E-state index contributed by atoms with van der Waals surface area (Å²) in [5.74, 6) is -0.301. The van der Waals surface area contributed by atoms with Gasteiger partial charge in [0, 0.05) is 31.7 Å². The van der Waals surface area contributed by atoms with E-state index in [4.69, 9.17) is 0 Å². The highest BCUT2D eigenvalue weighted by molar-refractivity contribution is 5.21. The van der Waals surface area contributed by atoms with Gasteiger partial charge in [0.1, 0.15) is 5.82 Å². The smallest absolute Gasteiger partial charge is 0.141 e. The normalized spacial score (nSPS) is 10.5. The number of hydrogen-bond donors (Lipinski definition) is 1. The molecule has 0 fully saturated rings. The first-order chi connectivity index (χ1) is 8.25. The van der Waals surface area contributed by atoms with Gasteiger partial charge in [0.25, 0.3) is 0 Å². The largest absolute Gasteiger partial charge is 0.309 e. The maximum absolute atomic E-state index is 12.9. The van der Waals surface area contributed by atoms with Gasteiger partial charge in [-0.2, -0.15) is 0 Å². The molecule has 2 rings (SSSR count). The molecule has 2 heterocycles. The average Bonchev–Trinajstić information content (AvgIpc) is 2.32. The molecule has 0 spiro atoms. The van der Waals surface area contributed by atoms with Gasteiger partial charge in [-0.15, -0.1) is 0 Å². The summed E-state index contributed by atoms with van der Waals surface area (Å²) in [6, 6.07) is 3.46. The lowest BCUT2D eigenvalue weighted by Gasteiger charge is -2.07. The summed E-state index contributed by atoms with van der Waals surface area (Å²) in [6.45, 7) is 3.37. The third kappa shape index (κ3) is 3.32. The predicted octanol–water partition coefficient (Wildman–Crippen LogP) is 2.21. The Bertz CT molecular complexity index is 500. The summed E-state index contributed by atoms with van der Waals surface area (Å²) in [7, 11) is 0. The van der Waals surface area contributed by atoms with Gasteiger partial charge in [0.05, 0.1) is 6.20 Å². The van der Waals surface area contributed by atoms with Crippen LogP contribution in [0.25, 0.3) is 0 Å². The Labute approximate surface area is 99.7 Å². The summed E-state index contributed by atoms with van der Waals surface area (Å²) in [4.78, 5) is 7.84. The number of halogens is 1. The summed E-state index contributed by atoms with van der Waals surface area (Å²) in [6.07, 6.45) is 6.47. The molecular formula is C13H14FN3. The molecule has 0 aliphatic carbocycles. The van der Waals surface area contributed by atoms with Crippen LogP contribution >= 0.6 is 0 Å². The van der Waals surface area contributed by atoms with Gasteiger partial charge < -0.3 is 5.32 Å². The Morgan fingerprint density at radius 1 is 1.18 bits per heavy atom. The van der Waals surface area contributed by atoms with Gasteiger partial charge >= 0.3 is 0 Å². The van der Waals surface area contributed by atoms with Crippen molar-refractivity contribution in [2.24, 2.45) is 0 Å². The lowest BCUT2D eigenvalue weighted by molar-refractivity contribution is 0.612. The second kappa shape index (κ2) is 5.50. The number of pyridine rings is 2. The zero-order valence-electron chi connectivity index (χ0n) is 9.65. The van der Waals surface area contributed by atoms with Crippen LogP contribution in [0.15, 0.2) is 36.9 Å². The van der Waals surface area contributed by atoms with Crippen molar-refractivity contribution in [2.75, 3.05) is 0 Å². The van der Waals surface area contributed by atoms with Crippen molar-refractivity contribution < 1.29 is 4.39 Å². The lowest BCUT2D eigenvalue weighted by atomic mass is 10.1. The molecule has 0 aliphatic rings. The highest BCUT2D eigenvalue weighted by Crippen LogP contribution is 2.05. The van der Waals surface area contributed by atoms with Crippen molar-refractivity contribution in [2.45, 2.75) is 20.0 Å². The minimum atomic E-state index is -0.301. The van der Waals surface area contributed by atoms with E-state index in [1.165, 1.54) is 17.8 Å². The molecule has 88 valence electrons. The first kappa shape index (κ1) is 11.7. The summed E-state index contributed by atoms with van der Waals surface area (Å²) >= 11 is 0. The van der Waals surface area contributed by atoms with Crippen molar-refractivity contribution in [1.29, 1.82) is 0 Å². The molecule has 17 heavy (non-hydrogen) atoms. The molecule has 0 radical (unpaired) electrons. The first-order valence-corrected chi connectivity index (χ1v) is 5.45.